The molecule has 9 nitrogen and oxygen atoms in total. The molecular formula is C66H109NO8P+. The molecular weight excluding hydrogens is 966 g/mol. The molecule has 1 N–H and O–H groups in total. The highest BCUT2D eigenvalue weighted by Crippen LogP contribution is 2.43. The molecule has 0 radical (unpaired) electrons. The zero-order chi connectivity index (χ0) is 55.6. The predicted octanol–water partition coefficient (Wildman–Crippen LogP) is 18.7. The number of carbonyl (C=O) groups is 2. The Morgan fingerprint density at radius 1 is 0.408 bits per heavy atom. The van der Waals surface area contributed by atoms with E-state index >= 15 is 0 Å². The standard InChI is InChI=1S/C66H108NO8P/c1-6-8-10-12-14-16-18-20-22-23-24-25-26-27-28-29-30-31-32-33-34-35-36-37-38-39-40-41-42-43-45-47-49-51-53-55-57-59-66(69)75-64(63-74-76(70,71)73-61-60-67(3,4)5)62-72-65(68)58-56-54-52-50-48-46-44-21-19-17-15-13-11-9-7-2/h8-11,14-17,20-22,24-25,27-28,30-31,33-34,36-37,44,48,50,64H,6-7,12-13,18-19,23,26,29,32,35,38-43,45-47,49,51-63H2,1-5H3/p+1/b10-8-,11-9-,16-14-,17-15-,22-20-,25-24-,28-27-,31-30-,34-33-,37-36-,44-21-,50-48-. The number of nitrogens with zero attached hydrogens (tertiary/aromatic N) is 1. The van der Waals surface area contributed by atoms with E-state index in [0.717, 1.165) is 116 Å². The quantitative estimate of drug-likeness (QED) is 0.0211. The molecule has 0 aliphatic carbocycles. The molecule has 2 unspecified atom stereocenters. The second kappa shape index (κ2) is 55.6. The van der Waals surface area contributed by atoms with Crippen LogP contribution in [0.25, 0.3) is 0 Å². The van der Waals surface area contributed by atoms with Gasteiger partial charge in [-0.15, -0.1) is 0 Å². The molecule has 0 aliphatic heterocycles. The molecule has 0 amide bonds. The van der Waals surface area contributed by atoms with Crippen LogP contribution in [0.3, 0.4) is 0 Å². The molecule has 0 fully saturated rings. The Morgan fingerprint density at radius 3 is 1.08 bits per heavy atom. The van der Waals surface area contributed by atoms with Crippen molar-refractivity contribution in [2.45, 2.75) is 213 Å². The molecule has 76 heavy (non-hydrogen) atoms. The van der Waals surface area contributed by atoms with Crippen LogP contribution < -0.4 is 0 Å². The summed E-state index contributed by atoms with van der Waals surface area (Å²) in [6, 6.07) is 0. The SMILES string of the molecule is CC/C=C\C/C=C\C/C=C\C/C=C\C/C=C\C/C=C\C/C=C\C/C=C\CCCCCCCCCCCCCCC(=O)OC(COC(=O)CCCC/C=C\C/C=C\C/C=C\C/C=C\CC)COP(=O)(O)OCC[N+](C)(C)C. The lowest BCUT2D eigenvalue weighted by Crippen LogP contribution is -2.37. The molecule has 0 aromatic heterocycles. The first-order valence-electron chi connectivity index (χ1n) is 29.6. The number of likely N-dealkylation sites (N-methyl/N-ethyl adjacent to an activating group) is 1. The van der Waals surface area contributed by atoms with E-state index in [1.165, 1.54) is 51.4 Å². The summed E-state index contributed by atoms with van der Waals surface area (Å²) in [5.74, 6) is -0.859. The van der Waals surface area contributed by atoms with Crippen molar-refractivity contribution in [1.82, 2.24) is 0 Å². The number of unbranched alkanes of at least 4 members (excludes halogenated alkanes) is 14. The van der Waals surface area contributed by atoms with E-state index in [0.29, 0.717) is 23.9 Å². The minimum absolute atomic E-state index is 0.0173. The summed E-state index contributed by atoms with van der Waals surface area (Å²) in [5, 5.41) is 0. The Kier molecular flexibility index (Phi) is 52.6. The van der Waals surface area contributed by atoms with E-state index in [4.69, 9.17) is 18.5 Å². The highest BCUT2D eigenvalue weighted by Gasteiger charge is 2.27. The minimum Gasteiger partial charge on any atom is -0.462 e. The summed E-state index contributed by atoms with van der Waals surface area (Å²) < 4.78 is 34.5. The predicted molar refractivity (Wildman–Crippen MR) is 325 cm³/mol. The van der Waals surface area contributed by atoms with Gasteiger partial charge in [0.1, 0.15) is 19.8 Å². The topological polar surface area (TPSA) is 108 Å². The molecule has 0 saturated heterocycles. The van der Waals surface area contributed by atoms with Crippen molar-refractivity contribution >= 4 is 19.8 Å². The number of rotatable bonds is 52. The number of esters is 2. The molecule has 0 spiro atoms. The average Bonchev–Trinajstić information content (AvgIpc) is 3.38. The fraction of sp³-hybridized carbons (Fsp3) is 0.606. The number of quaternary nitrogens is 1. The maximum absolute atomic E-state index is 12.8. The van der Waals surface area contributed by atoms with Crippen LogP contribution in [0, 0.1) is 0 Å². The van der Waals surface area contributed by atoms with Gasteiger partial charge in [-0.3, -0.25) is 18.6 Å². The van der Waals surface area contributed by atoms with Crippen molar-refractivity contribution < 1.29 is 42.1 Å². The number of ether oxygens (including phenoxy) is 2. The van der Waals surface area contributed by atoms with E-state index in [2.05, 4.69) is 160 Å². The van der Waals surface area contributed by atoms with Gasteiger partial charge in [0.2, 0.25) is 0 Å². The van der Waals surface area contributed by atoms with Crippen LogP contribution in [0.2, 0.25) is 0 Å². The first kappa shape index (κ1) is 71.9. The number of phosphoric ester groups is 1. The lowest BCUT2D eigenvalue weighted by molar-refractivity contribution is -0.870. The lowest BCUT2D eigenvalue weighted by atomic mass is 10.0. The molecule has 0 aliphatic rings. The fourth-order valence-corrected chi connectivity index (χ4v) is 8.12. The van der Waals surface area contributed by atoms with Gasteiger partial charge in [0.15, 0.2) is 6.10 Å². The van der Waals surface area contributed by atoms with Gasteiger partial charge >= 0.3 is 19.8 Å². The van der Waals surface area contributed by atoms with Gasteiger partial charge in [-0.25, -0.2) is 4.57 Å². The van der Waals surface area contributed by atoms with Crippen LogP contribution in [0.15, 0.2) is 146 Å². The summed E-state index contributed by atoms with van der Waals surface area (Å²) in [7, 11) is 1.43. The summed E-state index contributed by atoms with van der Waals surface area (Å²) >= 11 is 0. The second-order valence-corrected chi connectivity index (χ2v) is 21.7. The molecule has 0 bridgehead atoms. The summed E-state index contributed by atoms with van der Waals surface area (Å²) in [4.78, 5) is 35.6. The Hall–Kier alpha value is -4.11. The van der Waals surface area contributed by atoms with E-state index in [-0.39, 0.29) is 26.1 Å². The van der Waals surface area contributed by atoms with Gasteiger partial charge in [0.05, 0.1) is 27.7 Å². The van der Waals surface area contributed by atoms with Crippen LogP contribution in [-0.2, 0) is 32.7 Å². The van der Waals surface area contributed by atoms with Crippen LogP contribution in [0.4, 0.5) is 0 Å². The largest absolute Gasteiger partial charge is 0.472 e. The summed E-state index contributed by atoms with van der Waals surface area (Å²) in [6.07, 6.45) is 82.2. The minimum atomic E-state index is -4.40. The molecule has 2 atom stereocenters. The fourth-order valence-electron chi connectivity index (χ4n) is 7.37. The van der Waals surface area contributed by atoms with E-state index in [9.17, 15) is 19.0 Å². The number of carbonyl (C=O) groups excluding carboxylic acids is 2. The van der Waals surface area contributed by atoms with Gasteiger partial charge in [-0.2, -0.15) is 0 Å². The van der Waals surface area contributed by atoms with E-state index in [1.54, 1.807) is 0 Å². The van der Waals surface area contributed by atoms with Crippen molar-refractivity contribution in [3.8, 4) is 0 Å². The Morgan fingerprint density at radius 2 is 0.711 bits per heavy atom. The van der Waals surface area contributed by atoms with Gasteiger partial charge < -0.3 is 18.9 Å². The molecule has 0 rings (SSSR count). The summed E-state index contributed by atoms with van der Waals surface area (Å²) in [5.41, 5.74) is 0. The maximum Gasteiger partial charge on any atom is 0.472 e. The Labute approximate surface area is 465 Å². The van der Waals surface area contributed by atoms with Crippen molar-refractivity contribution in [2.24, 2.45) is 0 Å². The normalized spacial score (nSPS) is 14.3. The van der Waals surface area contributed by atoms with Crippen molar-refractivity contribution in [3.63, 3.8) is 0 Å². The summed E-state index contributed by atoms with van der Waals surface area (Å²) in [6.45, 7) is 4.13. The van der Waals surface area contributed by atoms with Crippen molar-refractivity contribution in [2.75, 3.05) is 47.5 Å². The highest BCUT2D eigenvalue weighted by molar-refractivity contribution is 7.47. The van der Waals surface area contributed by atoms with Crippen LogP contribution >= 0.6 is 7.82 Å². The number of hydrogen-bond acceptors (Lipinski definition) is 7. The molecule has 430 valence electrons. The highest BCUT2D eigenvalue weighted by atomic mass is 31.2. The average molecular weight is 1080 g/mol. The lowest BCUT2D eigenvalue weighted by Gasteiger charge is -2.24. The van der Waals surface area contributed by atoms with Crippen molar-refractivity contribution in [3.05, 3.63) is 146 Å². The maximum atomic E-state index is 12.8. The molecule has 0 saturated carbocycles. The van der Waals surface area contributed by atoms with Crippen LogP contribution in [0.5, 0.6) is 0 Å². The molecule has 0 aromatic carbocycles. The number of phosphoric acid groups is 1. The van der Waals surface area contributed by atoms with Crippen molar-refractivity contribution in [1.29, 1.82) is 0 Å². The van der Waals surface area contributed by atoms with Gasteiger partial charge in [0.25, 0.3) is 0 Å². The smallest absolute Gasteiger partial charge is 0.462 e. The van der Waals surface area contributed by atoms with Crippen LogP contribution in [0.1, 0.15) is 206 Å². The molecule has 0 aromatic rings. The number of hydrogen-bond donors (Lipinski definition) is 1. The number of allylic oxidation sites excluding steroid dienone is 24. The Bertz CT molecular complexity index is 1790. The first-order valence-corrected chi connectivity index (χ1v) is 31.1. The zero-order valence-corrected chi connectivity index (χ0v) is 49.6. The van der Waals surface area contributed by atoms with Gasteiger partial charge in [-0.05, 0) is 116 Å². The van der Waals surface area contributed by atoms with Gasteiger partial charge in [-0.1, -0.05) is 224 Å². The Balaban J connectivity index is 4.13. The zero-order valence-electron chi connectivity index (χ0n) is 48.7. The third-order valence-corrected chi connectivity index (χ3v) is 12.8. The van der Waals surface area contributed by atoms with Gasteiger partial charge in [0, 0.05) is 12.8 Å². The molecule has 0 heterocycles. The molecule has 10 heteroatoms. The third kappa shape index (κ3) is 59.1. The monoisotopic (exact) mass is 1070 g/mol. The third-order valence-electron chi connectivity index (χ3n) is 11.9. The van der Waals surface area contributed by atoms with Crippen LogP contribution in [-0.4, -0.2) is 74.9 Å². The van der Waals surface area contributed by atoms with E-state index in [1.807, 2.05) is 21.1 Å². The first-order chi connectivity index (χ1) is 37.0. The second-order valence-electron chi connectivity index (χ2n) is 20.3. The van der Waals surface area contributed by atoms with E-state index < -0.39 is 32.5 Å².